The van der Waals surface area contributed by atoms with Crippen LogP contribution in [-0.4, -0.2) is 42.2 Å². The van der Waals surface area contributed by atoms with Gasteiger partial charge in [-0.25, -0.2) is 23.5 Å². The van der Waals surface area contributed by atoms with Crippen LogP contribution in [0.1, 0.15) is 18.1 Å². The molecule has 4 heterocycles. The first-order chi connectivity index (χ1) is 12.9. The number of alkyl halides is 2. The molecule has 2 aromatic rings. The van der Waals surface area contributed by atoms with E-state index in [9.17, 15) is 13.6 Å². The Morgan fingerprint density at radius 3 is 2.78 bits per heavy atom. The molecule has 4 rings (SSSR count). The number of piperazine rings is 1. The lowest BCUT2D eigenvalue weighted by Crippen LogP contribution is -2.44. The number of aromatic nitrogens is 2. The zero-order chi connectivity index (χ0) is 19.0. The molecule has 2 N–H and O–H groups in total. The first kappa shape index (κ1) is 17.6. The summed E-state index contributed by atoms with van der Waals surface area (Å²) in [4.78, 5) is 22.2. The van der Waals surface area contributed by atoms with Crippen molar-refractivity contribution >= 4 is 17.7 Å². The van der Waals surface area contributed by atoms with Gasteiger partial charge in [-0.3, -0.25) is 5.32 Å². The quantitative estimate of drug-likeness (QED) is 0.859. The molecule has 0 unspecified atom stereocenters. The summed E-state index contributed by atoms with van der Waals surface area (Å²) in [5.41, 5.74) is 1.53. The van der Waals surface area contributed by atoms with E-state index in [2.05, 4.69) is 20.6 Å². The maximum atomic E-state index is 14.1. The highest BCUT2D eigenvalue weighted by molar-refractivity contribution is 5.88. The van der Waals surface area contributed by atoms with Crippen molar-refractivity contribution in [2.75, 3.05) is 36.4 Å². The van der Waals surface area contributed by atoms with Crippen LogP contribution in [0, 0.1) is 0 Å². The van der Waals surface area contributed by atoms with E-state index in [0.29, 0.717) is 41.5 Å². The zero-order valence-electron chi connectivity index (χ0n) is 14.8. The van der Waals surface area contributed by atoms with Crippen molar-refractivity contribution in [2.24, 2.45) is 0 Å². The number of fused-ring (bicyclic) bond motifs is 1. The second-order valence-electron chi connectivity index (χ2n) is 6.61. The van der Waals surface area contributed by atoms with Crippen LogP contribution in [0.4, 0.5) is 25.2 Å². The van der Waals surface area contributed by atoms with Crippen LogP contribution >= 0.6 is 0 Å². The number of cyclic esters (lactones) is 1. The highest BCUT2D eigenvalue weighted by Crippen LogP contribution is 2.35. The van der Waals surface area contributed by atoms with Crippen molar-refractivity contribution < 1.29 is 18.3 Å². The minimum atomic E-state index is -3.00. The number of carbonyl (C=O) groups is 1. The van der Waals surface area contributed by atoms with Crippen molar-refractivity contribution in [2.45, 2.75) is 19.5 Å². The number of nitrogens with one attached hydrogen (secondary N) is 2. The number of amides is 1. The van der Waals surface area contributed by atoms with E-state index in [1.807, 2.05) is 4.90 Å². The summed E-state index contributed by atoms with van der Waals surface area (Å²) in [6.07, 6.45) is 0.929. The van der Waals surface area contributed by atoms with E-state index in [-0.39, 0.29) is 12.2 Å². The average Bonchev–Trinajstić information content (AvgIpc) is 2.67. The largest absolute Gasteiger partial charge is 0.444 e. The van der Waals surface area contributed by atoms with Crippen molar-refractivity contribution in [1.29, 1.82) is 0 Å². The van der Waals surface area contributed by atoms with Crippen molar-refractivity contribution in [3.63, 3.8) is 0 Å². The summed E-state index contributed by atoms with van der Waals surface area (Å²) >= 11 is 0. The fourth-order valence-electron chi connectivity index (χ4n) is 3.22. The lowest BCUT2D eigenvalue weighted by Gasteiger charge is -2.29. The maximum absolute atomic E-state index is 14.1. The van der Waals surface area contributed by atoms with Crippen LogP contribution in [0.3, 0.4) is 0 Å². The molecular formula is C18H19F2N5O2. The van der Waals surface area contributed by atoms with E-state index in [4.69, 9.17) is 4.74 Å². The number of hydrogen-bond acceptors (Lipinski definition) is 6. The second-order valence-corrected chi connectivity index (χ2v) is 6.61. The summed E-state index contributed by atoms with van der Waals surface area (Å²) in [5, 5.41) is 5.76. The summed E-state index contributed by atoms with van der Waals surface area (Å²) in [6, 6.07) is 4.53. The number of halogens is 2. The zero-order valence-corrected chi connectivity index (χ0v) is 14.8. The third-order valence-electron chi connectivity index (χ3n) is 4.66. The minimum absolute atomic E-state index is 0.0156. The van der Waals surface area contributed by atoms with Crippen molar-refractivity contribution in [3.8, 4) is 11.3 Å². The Hall–Kier alpha value is -2.81. The highest BCUT2D eigenvalue weighted by Gasteiger charge is 2.28. The van der Waals surface area contributed by atoms with E-state index < -0.39 is 12.0 Å². The molecule has 142 valence electrons. The topological polar surface area (TPSA) is 79.4 Å². The fourth-order valence-corrected chi connectivity index (χ4v) is 3.22. The molecule has 27 heavy (non-hydrogen) atoms. The first-order valence-electron chi connectivity index (χ1n) is 8.70. The third-order valence-corrected chi connectivity index (χ3v) is 4.66. The van der Waals surface area contributed by atoms with Gasteiger partial charge in [0.2, 0.25) is 0 Å². The Morgan fingerprint density at radius 2 is 2.04 bits per heavy atom. The smallest absolute Gasteiger partial charge is 0.413 e. The monoisotopic (exact) mass is 375 g/mol. The van der Waals surface area contributed by atoms with Gasteiger partial charge in [0, 0.05) is 56.0 Å². The number of hydrogen-bond donors (Lipinski definition) is 2. The Morgan fingerprint density at radius 1 is 1.26 bits per heavy atom. The lowest BCUT2D eigenvalue weighted by molar-refractivity contribution is 0.0174. The van der Waals surface area contributed by atoms with Gasteiger partial charge < -0.3 is 15.0 Å². The number of rotatable bonds is 3. The van der Waals surface area contributed by atoms with Crippen LogP contribution in [0.5, 0.6) is 0 Å². The van der Waals surface area contributed by atoms with Gasteiger partial charge in [0.15, 0.2) is 0 Å². The third kappa shape index (κ3) is 3.55. The van der Waals surface area contributed by atoms with E-state index in [1.165, 1.54) is 18.3 Å². The SMILES string of the molecule is CC(F)(F)c1cc(-c2ccnc3c2COC(=O)N3)nc(N2CCNCC2)c1. The molecule has 0 aromatic carbocycles. The number of pyridine rings is 2. The molecule has 2 aliphatic rings. The van der Waals surface area contributed by atoms with Crippen LogP contribution < -0.4 is 15.5 Å². The van der Waals surface area contributed by atoms with Gasteiger partial charge in [0.25, 0.3) is 5.92 Å². The Balaban J connectivity index is 1.83. The van der Waals surface area contributed by atoms with Gasteiger partial charge in [-0.05, 0) is 18.2 Å². The maximum Gasteiger partial charge on any atom is 0.413 e. The lowest BCUT2D eigenvalue weighted by atomic mass is 10.0. The molecule has 1 amide bonds. The van der Waals surface area contributed by atoms with Crippen LogP contribution in [0.15, 0.2) is 24.4 Å². The van der Waals surface area contributed by atoms with Gasteiger partial charge in [-0.2, -0.15) is 0 Å². The molecule has 1 saturated heterocycles. The molecule has 0 saturated carbocycles. The van der Waals surface area contributed by atoms with Gasteiger partial charge in [0.1, 0.15) is 18.2 Å². The number of ether oxygens (including phenoxy) is 1. The van der Waals surface area contributed by atoms with E-state index in [0.717, 1.165) is 20.0 Å². The van der Waals surface area contributed by atoms with Crippen LogP contribution in [-0.2, 0) is 17.3 Å². The predicted octanol–water partition coefficient (Wildman–Crippen LogP) is 2.73. The molecule has 2 aliphatic heterocycles. The predicted molar refractivity (Wildman–Crippen MR) is 95.9 cm³/mol. The number of nitrogens with zero attached hydrogens (tertiary/aromatic N) is 3. The Bertz CT molecular complexity index is 879. The normalized spacial score (nSPS) is 17.1. The fraction of sp³-hybridized carbons (Fsp3) is 0.389. The van der Waals surface area contributed by atoms with E-state index in [1.54, 1.807) is 6.07 Å². The van der Waals surface area contributed by atoms with Gasteiger partial charge in [0.05, 0.1) is 5.69 Å². The van der Waals surface area contributed by atoms with Gasteiger partial charge in [-0.1, -0.05) is 0 Å². The molecule has 2 aromatic heterocycles. The molecule has 0 atom stereocenters. The summed E-state index contributed by atoms with van der Waals surface area (Å²) in [5.74, 6) is -2.13. The van der Waals surface area contributed by atoms with Gasteiger partial charge in [-0.15, -0.1) is 0 Å². The molecule has 0 bridgehead atoms. The summed E-state index contributed by atoms with van der Waals surface area (Å²) < 4.78 is 33.3. The Kier molecular flexibility index (Phi) is 4.39. The highest BCUT2D eigenvalue weighted by atomic mass is 19.3. The number of carbonyl (C=O) groups excluding carboxylic acids is 1. The average molecular weight is 375 g/mol. The summed E-state index contributed by atoms with van der Waals surface area (Å²) in [7, 11) is 0. The molecule has 1 fully saturated rings. The van der Waals surface area contributed by atoms with Crippen LogP contribution in [0.25, 0.3) is 11.3 Å². The molecule has 7 nitrogen and oxygen atoms in total. The van der Waals surface area contributed by atoms with Gasteiger partial charge >= 0.3 is 6.09 Å². The molecule has 0 aliphatic carbocycles. The summed E-state index contributed by atoms with van der Waals surface area (Å²) in [6.45, 7) is 3.82. The standard InChI is InChI=1S/C18H19F2N5O2/c1-18(19,20)11-8-14(23-15(9-11)25-6-4-21-5-7-25)12-2-3-22-16-13(12)10-27-17(26)24-16/h2-3,8-9,21H,4-7,10H2,1H3,(H,22,24,26). The number of anilines is 2. The van der Waals surface area contributed by atoms with Crippen molar-refractivity contribution in [1.82, 2.24) is 15.3 Å². The first-order valence-corrected chi connectivity index (χ1v) is 8.70. The minimum Gasteiger partial charge on any atom is -0.444 e. The molecule has 9 heteroatoms. The van der Waals surface area contributed by atoms with Crippen LogP contribution in [0.2, 0.25) is 0 Å². The molecular weight excluding hydrogens is 356 g/mol. The molecule has 0 radical (unpaired) electrons. The van der Waals surface area contributed by atoms with Crippen molar-refractivity contribution in [3.05, 3.63) is 35.5 Å². The molecule has 0 spiro atoms. The van der Waals surface area contributed by atoms with E-state index >= 15 is 0 Å². The Labute approximate surface area is 154 Å². The second kappa shape index (κ2) is 6.73.